The second-order valence-electron chi connectivity index (χ2n) is 8.96. The summed E-state index contributed by atoms with van der Waals surface area (Å²) in [4.78, 5) is 24.2. The van der Waals surface area contributed by atoms with Gasteiger partial charge in [-0.15, -0.1) is 0 Å². The summed E-state index contributed by atoms with van der Waals surface area (Å²) in [6.45, 7) is 4.22. The molecule has 0 heterocycles. The summed E-state index contributed by atoms with van der Waals surface area (Å²) in [5.74, 6) is -7.39. The summed E-state index contributed by atoms with van der Waals surface area (Å²) < 4.78 is 135. The van der Waals surface area contributed by atoms with Crippen LogP contribution in [0.2, 0.25) is 10.0 Å². The smallest absolute Gasteiger partial charge is 0.345 e. The molecular weight excluding hydrogens is 633 g/mol. The fraction of sp³-hybridized carbons (Fsp3) is 0.308. The van der Waals surface area contributed by atoms with E-state index in [1.54, 1.807) is 5.32 Å². The lowest BCUT2D eigenvalue weighted by Crippen LogP contribution is -2.47. The Labute approximate surface area is 242 Å². The molecule has 0 aromatic heterocycles. The predicted octanol–water partition coefficient (Wildman–Crippen LogP) is 8.50. The number of nitrogens with one attached hydrogen (secondary N) is 2. The van der Waals surface area contributed by atoms with Crippen LogP contribution in [0.5, 0.6) is 0 Å². The molecule has 2 amide bonds. The SMILES string of the molecule is C=C(C)c1c(Cl)cc([C@@H](/C=C(\F)c2ccc(C(=O)N[C@H](C)C(=O)NCC(F)(F)F)c(C(F)(F)F)c2)C(F)(F)F)cc1Cl. The van der Waals surface area contributed by atoms with Crippen LogP contribution in [0.25, 0.3) is 11.4 Å². The Bertz CT molecular complexity index is 1380. The minimum Gasteiger partial charge on any atom is -0.345 e. The van der Waals surface area contributed by atoms with Crippen molar-refractivity contribution in [1.82, 2.24) is 10.6 Å². The maximum Gasteiger partial charge on any atom is 0.417 e. The standard InChI is InChI=1S/C26H20Cl2F10N2O2/c1-11(2)21-18(27)7-14(8-19(21)28)16(25(33,34)35)9-20(29)13-4-5-15(17(6-13)26(36,37)38)23(42)40-12(3)22(41)39-10-24(30,31)32/h4-9,12,16H,1,10H2,2-3H3,(H,39,41)(H,40,42)/b20-9-/t12-,16-/m1/s1. The van der Waals surface area contributed by atoms with Crippen LogP contribution in [-0.2, 0) is 11.0 Å². The van der Waals surface area contributed by atoms with Gasteiger partial charge in [0.15, 0.2) is 0 Å². The average molecular weight is 653 g/mol. The van der Waals surface area contributed by atoms with Crippen LogP contribution in [0.3, 0.4) is 0 Å². The lowest BCUT2D eigenvalue weighted by atomic mass is 9.94. The maximum absolute atomic E-state index is 15.1. The van der Waals surface area contributed by atoms with E-state index in [-0.39, 0.29) is 27.8 Å². The first-order valence-corrected chi connectivity index (χ1v) is 12.2. The van der Waals surface area contributed by atoms with E-state index in [0.717, 1.165) is 19.1 Å². The van der Waals surface area contributed by atoms with Crippen molar-refractivity contribution in [3.05, 3.63) is 80.8 Å². The molecular formula is C26H20Cl2F10N2O2. The lowest BCUT2D eigenvalue weighted by Gasteiger charge is -2.20. The zero-order valence-corrected chi connectivity index (χ0v) is 22.9. The number of hydrogen-bond donors (Lipinski definition) is 2. The van der Waals surface area contributed by atoms with E-state index in [1.807, 2.05) is 0 Å². The molecule has 0 radical (unpaired) electrons. The van der Waals surface area contributed by atoms with Crippen LogP contribution in [0.15, 0.2) is 43.0 Å². The molecule has 0 aliphatic carbocycles. The molecule has 0 bridgehead atoms. The van der Waals surface area contributed by atoms with Gasteiger partial charge in [-0.3, -0.25) is 9.59 Å². The molecule has 2 rings (SSSR count). The van der Waals surface area contributed by atoms with Gasteiger partial charge >= 0.3 is 18.5 Å². The number of rotatable bonds is 8. The van der Waals surface area contributed by atoms with E-state index in [1.165, 1.54) is 12.2 Å². The Morgan fingerprint density at radius 3 is 1.98 bits per heavy atom. The third-order valence-electron chi connectivity index (χ3n) is 5.57. The topological polar surface area (TPSA) is 58.2 Å². The first kappa shape index (κ1) is 34.9. The highest BCUT2D eigenvalue weighted by molar-refractivity contribution is 6.37. The zero-order valence-electron chi connectivity index (χ0n) is 21.4. The van der Waals surface area contributed by atoms with Gasteiger partial charge < -0.3 is 10.6 Å². The maximum atomic E-state index is 15.1. The molecule has 42 heavy (non-hydrogen) atoms. The highest BCUT2D eigenvalue weighted by Crippen LogP contribution is 2.43. The van der Waals surface area contributed by atoms with Crippen LogP contribution in [0.1, 0.15) is 52.4 Å². The number of benzene rings is 2. The minimum absolute atomic E-state index is 0.00469. The highest BCUT2D eigenvalue weighted by atomic mass is 35.5. The van der Waals surface area contributed by atoms with Crippen molar-refractivity contribution >= 4 is 46.4 Å². The summed E-state index contributed by atoms with van der Waals surface area (Å²) in [5.41, 5.74) is -4.10. The van der Waals surface area contributed by atoms with Gasteiger partial charge in [0, 0.05) is 21.2 Å². The van der Waals surface area contributed by atoms with E-state index in [0.29, 0.717) is 17.7 Å². The number of carbonyl (C=O) groups excluding carboxylic acids is 2. The van der Waals surface area contributed by atoms with Crippen LogP contribution in [0.4, 0.5) is 43.9 Å². The van der Waals surface area contributed by atoms with Crippen molar-refractivity contribution in [2.45, 2.75) is 44.3 Å². The average Bonchev–Trinajstić information content (AvgIpc) is 2.82. The molecule has 16 heteroatoms. The highest BCUT2D eigenvalue weighted by Gasteiger charge is 2.41. The molecule has 4 nitrogen and oxygen atoms in total. The molecule has 0 fully saturated rings. The number of allylic oxidation sites excluding steroid dienone is 2. The first-order chi connectivity index (χ1) is 19.0. The number of carbonyl (C=O) groups is 2. The van der Waals surface area contributed by atoms with Gasteiger partial charge in [0.25, 0.3) is 5.91 Å². The minimum atomic E-state index is -5.34. The van der Waals surface area contributed by atoms with E-state index in [4.69, 9.17) is 23.2 Å². The number of amides is 2. The summed E-state index contributed by atoms with van der Waals surface area (Å²) >= 11 is 12.0. The van der Waals surface area contributed by atoms with Crippen LogP contribution in [0, 0.1) is 0 Å². The Morgan fingerprint density at radius 2 is 1.52 bits per heavy atom. The zero-order chi connectivity index (χ0) is 32.4. The Hall–Kier alpha value is -3.26. The second kappa shape index (κ2) is 12.9. The number of halogens is 12. The first-order valence-electron chi connectivity index (χ1n) is 11.5. The van der Waals surface area contributed by atoms with Crippen molar-refractivity contribution in [2.24, 2.45) is 0 Å². The van der Waals surface area contributed by atoms with Gasteiger partial charge in [-0.05, 0) is 55.3 Å². The van der Waals surface area contributed by atoms with Gasteiger partial charge in [-0.2, -0.15) is 39.5 Å². The molecule has 0 aliphatic rings. The molecule has 2 N–H and O–H groups in total. The quantitative estimate of drug-likeness (QED) is 0.281. The van der Waals surface area contributed by atoms with Gasteiger partial charge in [-0.1, -0.05) is 35.8 Å². The van der Waals surface area contributed by atoms with E-state index in [2.05, 4.69) is 6.58 Å². The molecule has 2 atom stereocenters. The van der Waals surface area contributed by atoms with Crippen LogP contribution in [-0.4, -0.2) is 36.8 Å². The fourth-order valence-electron chi connectivity index (χ4n) is 3.61. The Morgan fingerprint density at radius 1 is 0.976 bits per heavy atom. The summed E-state index contributed by atoms with van der Waals surface area (Å²) in [7, 11) is 0. The molecule has 230 valence electrons. The van der Waals surface area contributed by atoms with Crippen molar-refractivity contribution in [1.29, 1.82) is 0 Å². The van der Waals surface area contributed by atoms with Crippen LogP contribution < -0.4 is 10.6 Å². The van der Waals surface area contributed by atoms with E-state index in [9.17, 15) is 49.1 Å². The molecule has 0 saturated carbocycles. The Balaban J connectivity index is 2.49. The van der Waals surface area contributed by atoms with E-state index < -0.39 is 76.9 Å². The van der Waals surface area contributed by atoms with E-state index >= 15 is 4.39 Å². The third kappa shape index (κ3) is 9.12. The normalized spacial score (nSPS) is 14.3. The van der Waals surface area contributed by atoms with Crippen molar-refractivity contribution < 1.29 is 53.5 Å². The van der Waals surface area contributed by atoms with Crippen molar-refractivity contribution in [3.63, 3.8) is 0 Å². The van der Waals surface area contributed by atoms with Crippen molar-refractivity contribution in [2.75, 3.05) is 6.54 Å². The fourth-order valence-corrected chi connectivity index (χ4v) is 4.43. The Kier molecular flexibility index (Phi) is 10.8. The van der Waals surface area contributed by atoms with Gasteiger partial charge in [0.1, 0.15) is 24.3 Å². The summed E-state index contributed by atoms with van der Waals surface area (Å²) in [6, 6.07) is 1.10. The van der Waals surface area contributed by atoms with Gasteiger partial charge in [0.05, 0.1) is 11.1 Å². The molecule has 2 aromatic carbocycles. The van der Waals surface area contributed by atoms with Crippen LogP contribution >= 0.6 is 23.2 Å². The largest absolute Gasteiger partial charge is 0.417 e. The molecule has 0 spiro atoms. The molecule has 0 aliphatic heterocycles. The predicted molar refractivity (Wildman–Crippen MR) is 136 cm³/mol. The number of alkyl halides is 9. The molecule has 2 aromatic rings. The van der Waals surface area contributed by atoms with Crippen molar-refractivity contribution in [3.8, 4) is 0 Å². The molecule has 0 unspecified atom stereocenters. The lowest BCUT2D eigenvalue weighted by molar-refractivity contribution is -0.140. The summed E-state index contributed by atoms with van der Waals surface area (Å²) in [5, 5.41) is 2.76. The number of hydrogen-bond acceptors (Lipinski definition) is 2. The summed E-state index contributed by atoms with van der Waals surface area (Å²) in [6.07, 6.45) is -15.3. The third-order valence-corrected chi connectivity index (χ3v) is 6.16. The van der Waals surface area contributed by atoms with Gasteiger partial charge in [0.2, 0.25) is 5.91 Å². The van der Waals surface area contributed by atoms with Gasteiger partial charge in [-0.25, -0.2) is 4.39 Å². The monoisotopic (exact) mass is 652 g/mol. The molecule has 0 saturated heterocycles. The second-order valence-corrected chi connectivity index (χ2v) is 9.77.